The zero-order valence-corrected chi connectivity index (χ0v) is 9.73. The van der Waals surface area contributed by atoms with E-state index in [1.807, 2.05) is 0 Å². The predicted octanol–water partition coefficient (Wildman–Crippen LogP) is 2.99. The summed E-state index contributed by atoms with van der Waals surface area (Å²) in [5.74, 6) is -0.0538. The number of carbonyl (C=O) groups excluding carboxylic acids is 1. The Balaban J connectivity index is 2.21. The Morgan fingerprint density at radius 3 is 2.86 bits per heavy atom. The van der Waals surface area contributed by atoms with Crippen molar-refractivity contribution >= 4 is 33.4 Å². The van der Waals surface area contributed by atoms with Gasteiger partial charge in [-0.1, -0.05) is 17.7 Å². The van der Waals surface area contributed by atoms with E-state index in [1.165, 1.54) is 0 Å². The summed E-state index contributed by atoms with van der Waals surface area (Å²) < 4.78 is 0.666. The number of carbonyl (C=O) groups is 1. The van der Waals surface area contributed by atoms with Gasteiger partial charge in [0, 0.05) is 10.5 Å². The Hall–Kier alpha value is -0.540. The van der Waals surface area contributed by atoms with Crippen molar-refractivity contribution in [2.24, 2.45) is 0 Å². The Kier molecular flexibility index (Phi) is 2.79. The molecule has 1 aliphatic rings. The van der Waals surface area contributed by atoms with Crippen molar-refractivity contribution < 1.29 is 4.79 Å². The van der Waals surface area contributed by atoms with E-state index in [2.05, 4.69) is 21.2 Å². The van der Waals surface area contributed by atoms with Crippen LogP contribution >= 0.6 is 27.5 Å². The van der Waals surface area contributed by atoms with E-state index in [-0.39, 0.29) is 5.91 Å². The number of hydrogen-bond acceptors (Lipinski definition) is 1. The maximum absolute atomic E-state index is 11.7. The molecule has 2 nitrogen and oxygen atoms in total. The standard InChI is InChI=1S/C10H9BrClNO/c11-9-7(2-1-3-8(9)12)10(14)13-6-4-5-6/h1-3,6H,4-5H2,(H,13,14). The maximum atomic E-state index is 11.7. The highest BCUT2D eigenvalue weighted by atomic mass is 79.9. The summed E-state index contributed by atoms with van der Waals surface area (Å²) in [5.41, 5.74) is 0.601. The van der Waals surface area contributed by atoms with Crippen molar-refractivity contribution in [3.8, 4) is 0 Å². The zero-order valence-electron chi connectivity index (χ0n) is 7.39. The fourth-order valence-corrected chi connectivity index (χ4v) is 1.79. The molecular weight excluding hydrogens is 265 g/mol. The monoisotopic (exact) mass is 273 g/mol. The Labute approximate surface area is 95.8 Å². The van der Waals surface area contributed by atoms with Gasteiger partial charge in [0.2, 0.25) is 0 Å². The van der Waals surface area contributed by atoms with Gasteiger partial charge in [0.1, 0.15) is 0 Å². The molecule has 0 atom stereocenters. The van der Waals surface area contributed by atoms with Crippen LogP contribution in [0.1, 0.15) is 23.2 Å². The summed E-state index contributed by atoms with van der Waals surface area (Å²) in [6, 6.07) is 5.65. The number of amides is 1. The van der Waals surface area contributed by atoms with Gasteiger partial charge in [-0.25, -0.2) is 0 Å². The molecule has 0 spiro atoms. The highest BCUT2D eigenvalue weighted by Crippen LogP contribution is 2.27. The van der Waals surface area contributed by atoms with Crippen LogP contribution in [0.4, 0.5) is 0 Å². The number of hydrogen-bond donors (Lipinski definition) is 1. The van der Waals surface area contributed by atoms with Gasteiger partial charge in [0.15, 0.2) is 0 Å². The lowest BCUT2D eigenvalue weighted by Crippen LogP contribution is -2.25. The summed E-state index contributed by atoms with van der Waals surface area (Å²) in [6.45, 7) is 0. The quantitative estimate of drug-likeness (QED) is 0.882. The third kappa shape index (κ3) is 2.10. The second-order valence-corrected chi connectivity index (χ2v) is 4.55. The molecule has 0 bridgehead atoms. The Bertz CT molecular complexity index is 376. The molecule has 1 saturated carbocycles. The zero-order chi connectivity index (χ0) is 10.1. The lowest BCUT2D eigenvalue weighted by Gasteiger charge is -2.06. The third-order valence-electron chi connectivity index (χ3n) is 2.11. The number of benzene rings is 1. The van der Waals surface area contributed by atoms with Crippen LogP contribution in [0.5, 0.6) is 0 Å². The van der Waals surface area contributed by atoms with Gasteiger partial charge in [0.25, 0.3) is 5.91 Å². The van der Waals surface area contributed by atoms with Crippen molar-refractivity contribution in [1.29, 1.82) is 0 Å². The molecular formula is C10H9BrClNO. The van der Waals surface area contributed by atoms with Crippen LogP contribution in [-0.4, -0.2) is 11.9 Å². The Morgan fingerprint density at radius 2 is 2.21 bits per heavy atom. The first-order valence-electron chi connectivity index (χ1n) is 4.43. The molecule has 1 fully saturated rings. The molecule has 74 valence electrons. The third-order valence-corrected chi connectivity index (χ3v) is 3.51. The van der Waals surface area contributed by atoms with E-state index in [4.69, 9.17) is 11.6 Å². The first kappa shape index (κ1) is 9.99. The van der Waals surface area contributed by atoms with E-state index < -0.39 is 0 Å². The predicted molar refractivity (Wildman–Crippen MR) is 59.6 cm³/mol. The van der Waals surface area contributed by atoms with Crippen molar-refractivity contribution in [2.75, 3.05) is 0 Å². The van der Waals surface area contributed by atoms with Crippen molar-refractivity contribution in [3.63, 3.8) is 0 Å². The Morgan fingerprint density at radius 1 is 1.50 bits per heavy atom. The summed E-state index contributed by atoms with van der Waals surface area (Å²) >= 11 is 9.18. The van der Waals surface area contributed by atoms with Gasteiger partial charge in [-0.2, -0.15) is 0 Å². The maximum Gasteiger partial charge on any atom is 0.252 e. The van der Waals surface area contributed by atoms with E-state index in [0.29, 0.717) is 21.1 Å². The lowest BCUT2D eigenvalue weighted by molar-refractivity contribution is 0.0950. The van der Waals surface area contributed by atoms with Gasteiger partial charge in [0.05, 0.1) is 10.6 Å². The molecule has 1 aromatic carbocycles. The summed E-state index contributed by atoms with van der Waals surface area (Å²) in [6.07, 6.45) is 2.17. The van der Waals surface area contributed by atoms with Crippen LogP contribution < -0.4 is 5.32 Å². The van der Waals surface area contributed by atoms with Gasteiger partial charge in [-0.15, -0.1) is 0 Å². The number of nitrogens with one attached hydrogen (secondary N) is 1. The summed E-state index contributed by atoms with van der Waals surface area (Å²) in [7, 11) is 0. The molecule has 1 aliphatic carbocycles. The van der Waals surface area contributed by atoms with Crippen molar-refractivity contribution in [3.05, 3.63) is 33.3 Å². The van der Waals surface area contributed by atoms with Crippen LogP contribution in [-0.2, 0) is 0 Å². The molecule has 1 aromatic rings. The SMILES string of the molecule is O=C(NC1CC1)c1cccc(Cl)c1Br. The smallest absolute Gasteiger partial charge is 0.252 e. The lowest BCUT2D eigenvalue weighted by atomic mass is 10.2. The molecule has 0 aliphatic heterocycles. The van der Waals surface area contributed by atoms with Gasteiger partial charge >= 0.3 is 0 Å². The van der Waals surface area contributed by atoms with E-state index in [0.717, 1.165) is 12.8 Å². The van der Waals surface area contributed by atoms with Crippen LogP contribution in [0.15, 0.2) is 22.7 Å². The fraction of sp³-hybridized carbons (Fsp3) is 0.300. The van der Waals surface area contributed by atoms with E-state index in [1.54, 1.807) is 18.2 Å². The minimum absolute atomic E-state index is 0.0538. The topological polar surface area (TPSA) is 29.1 Å². The van der Waals surface area contributed by atoms with Crippen LogP contribution in [0.25, 0.3) is 0 Å². The van der Waals surface area contributed by atoms with Crippen molar-refractivity contribution in [2.45, 2.75) is 18.9 Å². The highest BCUT2D eigenvalue weighted by molar-refractivity contribution is 9.10. The van der Waals surface area contributed by atoms with Crippen LogP contribution in [0, 0.1) is 0 Å². The second kappa shape index (κ2) is 3.91. The minimum atomic E-state index is -0.0538. The molecule has 0 radical (unpaired) electrons. The fourth-order valence-electron chi connectivity index (χ4n) is 1.17. The summed E-state index contributed by atoms with van der Waals surface area (Å²) in [5, 5.41) is 3.47. The molecule has 1 amide bonds. The van der Waals surface area contributed by atoms with Gasteiger partial charge in [-0.3, -0.25) is 4.79 Å². The number of halogens is 2. The minimum Gasteiger partial charge on any atom is -0.349 e. The average molecular weight is 275 g/mol. The molecule has 14 heavy (non-hydrogen) atoms. The number of rotatable bonds is 2. The molecule has 1 N–H and O–H groups in total. The molecule has 0 saturated heterocycles. The molecule has 0 heterocycles. The van der Waals surface area contributed by atoms with Gasteiger partial charge in [-0.05, 0) is 40.9 Å². The normalized spacial score (nSPS) is 15.3. The molecule has 4 heteroatoms. The molecule has 0 aromatic heterocycles. The molecule has 2 rings (SSSR count). The largest absolute Gasteiger partial charge is 0.349 e. The van der Waals surface area contributed by atoms with Gasteiger partial charge < -0.3 is 5.32 Å². The molecule has 0 unspecified atom stereocenters. The van der Waals surface area contributed by atoms with E-state index in [9.17, 15) is 4.79 Å². The van der Waals surface area contributed by atoms with Crippen LogP contribution in [0.2, 0.25) is 5.02 Å². The summed E-state index contributed by atoms with van der Waals surface area (Å²) in [4.78, 5) is 11.7. The van der Waals surface area contributed by atoms with Crippen LogP contribution in [0.3, 0.4) is 0 Å². The first-order valence-corrected chi connectivity index (χ1v) is 5.60. The average Bonchev–Trinajstić information content (AvgIpc) is 2.93. The second-order valence-electron chi connectivity index (χ2n) is 3.35. The highest BCUT2D eigenvalue weighted by Gasteiger charge is 2.24. The van der Waals surface area contributed by atoms with E-state index >= 15 is 0 Å². The first-order chi connectivity index (χ1) is 6.68. The van der Waals surface area contributed by atoms with Crippen molar-refractivity contribution in [1.82, 2.24) is 5.32 Å².